The van der Waals surface area contributed by atoms with Gasteiger partial charge >= 0.3 is 0 Å². The molecule has 0 fully saturated rings. The summed E-state index contributed by atoms with van der Waals surface area (Å²) in [4.78, 5) is 31.7. The highest BCUT2D eigenvalue weighted by atomic mass is 32.1. The fourth-order valence-corrected chi connectivity index (χ4v) is 4.19. The molecule has 0 N–H and O–H groups in total. The van der Waals surface area contributed by atoms with Crippen LogP contribution in [0.2, 0.25) is 0 Å². The quantitative estimate of drug-likeness (QED) is 0.506. The average Bonchev–Trinajstić information content (AvgIpc) is 3.22. The van der Waals surface area contributed by atoms with Gasteiger partial charge in [-0.3, -0.25) is 14.2 Å². The standard InChI is InChI=1S/C21H19N3O2S/c1-13-9-16(14(2)23(13)3)18(25)11-24-12-22-20-17(21(24)26)10-19(27-20)15-7-5-4-6-8-15/h4-10,12H,11H2,1-3H3. The Balaban J connectivity index is 1.71. The van der Waals surface area contributed by atoms with E-state index < -0.39 is 0 Å². The summed E-state index contributed by atoms with van der Waals surface area (Å²) >= 11 is 1.48. The Morgan fingerprint density at radius 1 is 1.15 bits per heavy atom. The lowest BCUT2D eigenvalue weighted by Gasteiger charge is -2.05. The number of hydrogen-bond donors (Lipinski definition) is 0. The summed E-state index contributed by atoms with van der Waals surface area (Å²) in [7, 11) is 1.93. The van der Waals surface area contributed by atoms with Crippen LogP contribution in [0.4, 0.5) is 0 Å². The number of nitrogens with zero attached hydrogens (tertiary/aromatic N) is 3. The van der Waals surface area contributed by atoms with Gasteiger partial charge in [-0.05, 0) is 31.5 Å². The number of aryl methyl sites for hydroxylation is 1. The lowest BCUT2D eigenvalue weighted by molar-refractivity contribution is 0.0970. The first-order valence-electron chi connectivity index (χ1n) is 8.66. The summed E-state index contributed by atoms with van der Waals surface area (Å²) in [5, 5.41) is 0.551. The molecule has 6 heteroatoms. The van der Waals surface area contributed by atoms with Gasteiger partial charge < -0.3 is 4.57 Å². The topological polar surface area (TPSA) is 56.9 Å². The third-order valence-electron chi connectivity index (χ3n) is 4.97. The number of aromatic nitrogens is 3. The Morgan fingerprint density at radius 2 is 1.89 bits per heavy atom. The Labute approximate surface area is 160 Å². The van der Waals surface area contributed by atoms with Crippen molar-refractivity contribution >= 4 is 27.3 Å². The molecule has 0 saturated heterocycles. The minimum absolute atomic E-state index is 0.0113. The van der Waals surface area contributed by atoms with E-state index in [-0.39, 0.29) is 17.9 Å². The van der Waals surface area contributed by atoms with Crippen molar-refractivity contribution in [2.75, 3.05) is 0 Å². The predicted octanol–water partition coefficient (Wildman–Crippen LogP) is 3.96. The molecule has 0 spiro atoms. The first-order valence-corrected chi connectivity index (χ1v) is 9.48. The zero-order valence-electron chi connectivity index (χ0n) is 15.4. The highest BCUT2D eigenvalue weighted by Crippen LogP contribution is 2.30. The summed E-state index contributed by atoms with van der Waals surface area (Å²) < 4.78 is 3.37. The highest BCUT2D eigenvalue weighted by molar-refractivity contribution is 7.21. The Bertz CT molecular complexity index is 1220. The molecule has 0 bridgehead atoms. The van der Waals surface area contributed by atoms with Crippen molar-refractivity contribution < 1.29 is 4.79 Å². The molecule has 0 unspecified atom stereocenters. The molecule has 3 heterocycles. The SMILES string of the molecule is Cc1cc(C(=O)Cn2cnc3sc(-c4ccccc4)cc3c2=O)c(C)n1C. The van der Waals surface area contributed by atoms with Gasteiger partial charge in [0.05, 0.1) is 18.3 Å². The zero-order chi connectivity index (χ0) is 19.1. The Kier molecular flexibility index (Phi) is 4.28. The van der Waals surface area contributed by atoms with Gasteiger partial charge in [-0.1, -0.05) is 30.3 Å². The molecule has 0 radical (unpaired) electrons. The van der Waals surface area contributed by atoms with Gasteiger partial charge in [0, 0.05) is 28.9 Å². The van der Waals surface area contributed by atoms with Crippen molar-refractivity contribution in [2.24, 2.45) is 7.05 Å². The van der Waals surface area contributed by atoms with E-state index in [1.807, 2.05) is 67.9 Å². The van der Waals surface area contributed by atoms with Crippen LogP contribution in [0.25, 0.3) is 20.7 Å². The molecule has 0 amide bonds. The summed E-state index contributed by atoms with van der Waals surface area (Å²) in [6.07, 6.45) is 1.47. The number of hydrogen-bond acceptors (Lipinski definition) is 4. The number of rotatable bonds is 4. The van der Waals surface area contributed by atoms with Gasteiger partial charge in [0.1, 0.15) is 4.83 Å². The summed E-state index contributed by atoms with van der Waals surface area (Å²) in [6.45, 7) is 3.86. The molecule has 136 valence electrons. The fourth-order valence-electron chi connectivity index (χ4n) is 3.19. The van der Waals surface area contributed by atoms with Gasteiger partial charge in [-0.25, -0.2) is 4.98 Å². The van der Waals surface area contributed by atoms with Crippen molar-refractivity contribution in [2.45, 2.75) is 20.4 Å². The van der Waals surface area contributed by atoms with Gasteiger partial charge in [0.2, 0.25) is 0 Å². The lowest BCUT2D eigenvalue weighted by Crippen LogP contribution is -2.24. The van der Waals surface area contributed by atoms with E-state index in [0.717, 1.165) is 21.8 Å². The zero-order valence-corrected chi connectivity index (χ0v) is 16.2. The maximum absolute atomic E-state index is 12.9. The van der Waals surface area contributed by atoms with Crippen molar-refractivity contribution in [1.29, 1.82) is 0 Å². The first-order chi connectivity index (χ1) is 13.0. The van der Waals surface area contributed by atoms with E-state index in [1.165, 1.54) is 22.2 Å². The average molecular weight is 377 g/mol. The summed E-state index contributed by atoms with van der Waals surface area (Å²) in [6, 6.07) is 13.6. The molecule has 5 nitrogen and oxygen atoms in total. The maximum atomic E-state index is 12.9. The van der Waals surface area contributed by atoms with Crippen LogP contribution in [-0.4, -0.2) is 19.9 Å². The molecular weight excluding hydrogens is 358 g/mol. The molecule has 0 aliphatic carbocycles. The first kappa shape index (κ1) is 17.4. The van der Waals surface area contributed by atoms with Crippen LogP contribution in [0, 0.1) is 13.8 Å². The van der Waals surface area contributed by atoms with Crippen molar-refractivity contribution in [3.8, 4) is 10.4 Å². The number of benzene rings is 1. The lowest BCUT2D eigenvalue weighted by atomic mass is 10.1. The van der Waals surface area contributed by atoms with Crippen LogP contribution in [0.3, 0.4) is 0 Å². The van der Waals surface area contributed by atoms with Crippen molar-refractivity contribution in [3.63, 3.8) is 0 Å². The van der Waals surface area contributed by atoms with E-state index in [1.54, 1.807) is 0 Å². The van der Waals surface area contributed by atoms with Gasteiger partial charge in [0.15, 0.2) is 5.78 Å². The van der Waals surface area contributed by atoms with E-state index in [2.05, 4.69) is 4.98 Å². The minimum Gasteiger partial charge on any atom is -0.351 e. The molecule has 27 heavy (non-hydrogen) atoms. The van der Waals surface area contributed by atoms with E-state index in [4.69, 9.17) is 0 Å². The van der Waals surface area contributed by atoms with Crippen LogP contribution < -0.4 is 5.56 Å². The smallest absolute Gasteiger partial charge is 0.262 e. The second-order valence-electron chi connectivity index (χ2n) is 6.64. The Hall–Kier alpha value is -2.99. The van der Waals surface area contributed by atoms with Crippen molar-refractivity contribution in [3.05, 3.63) is 76.1 Å². The normalized spacial score (nSPS) is 11.2. The van der Waals surface area contributed by atoms with E-state index >= 15 is 0 Å². The largest absolute Gasteiger partial charge is 0.351 e. The summed E-state index contributed by atoms with van der Waals surface area (Å²) in [5.74, 6) is -0.0852. The number of ketones is 1. The highest BCUT2D eigenvalue weighted by Gasteiger charge is 2.17. The molecule has 0 saturated carbocycles. The molecule has 3 aromatic heterocycles. The molecular formula is C21H19N3O2S. The van der Waals surface area contributed by atoms with Crippen LogP contribution in [0.15, 0.2) is 53.6 Å². The van der Waals surface area contributed by atoms with E-state index in [9.17, 15) is 9.59 Å². The molecule has 4 rings (SSSR count). The third-order valence-corrected chi connectivity index (χ3v) is 6.06. The number of Topliss-reactive ketones (excluding diaryl/α,β-unsaturated/α-hetero) is 1. The second kappa shape index (κ2) is 6.63. The molecule has 0 atom stereocenters. The van der Waals surface area contributed by atoms with E-state index in [0.29, 0.717) is 15.8 Å². The monoisotopic (exact) mass is 377 g/mol. The number of carbonyl (C=O) groups excluding carboxylic acids is 1. The van der Waals surface area contributed by atoms with Crippen molar-refractivity contribution in [1.82, 2.24) is 14.1 Å². The third kappa shape index (κ3) is 3.02. The summed E-state index contributed by atoms with van der Waals surface area (Å²) in [5.41, 5.74) is 3.44. The predicted molar refractivity (Wildman–Crippen MR) is 109 cm³/mol. The van der Waals surface area contributed by atoms with Crippen LogP contribution >= 0.6 is 11.3 Å². The fraction of sp³-hybridized carbons (Fsp3) is 0.190. The molecule has 4 aromatic rings. The van der Waals surface area contributed by atoms with Crippen LogP contribution in [-0.2, 0) is 13.6 Å². The van der Waals surface area contributed by atoms with Gasteiger partial charge in [0.25, 0.3) is 5.56 Å². The van der Waals surface area contributed by atoms with Crippen LogP contribution in [0.5, 0.6) is 0 Å². The molecule has 0 aliphatic rings. The minimum atomic E-state index is -0.183. The Morgan fingerprint density at radius 3 is 2.56 bits per heavy atom. The second-order valence-corrected chi connectivity index (χ2v) is 7.67. The maximum Gasteiger partial charge on any atom is 0.262 e. The molecule has 1 aromatic carbocycles. The number of carbonyl (C=O) groups is 1. The van der Waals surface area contributed by atoms with Gasteiger partial charge in [-0.2, -0.15) is 0 Å². The number of thiophene rings is 1. The number of fused-ring (bicyclic) bond motifs is 1. The van der Waals surface area contributed by atoms with Crippen LogP contribution in [0.1, 0.15) is 21.7 Å². The molecule has 0 aliphatic heterocycles. The van der Waals surface area contributed by atoms with Gasteiger partial charge in [-0.15, -0.1) is 11.3 Å².